The Morgan fingerprint density at radius 2 is 1.82 bits per heavy atom. The highest BCUT2D eigenvalue weighted by molar-refractivity contribution is 5.97. The van der Waals surface area contributed by atoms with Gasteiger partial charge in [-0.3, -0.25) is 20.1 Å². The minimum atomic E-state index is -1.40. The van der Waals surface area contributed by atoms with Gasteiger partial charge < -0.3 is 5.11 Å². The van der Waals surface area contributed by atoms with E-state index in [1.807, 2.05) is 0 Å². The molecule has 0 bridgehead atoms. The number of non-ortho nitro benzene ring substituents is 1. The number of carbonyl (C=O) groups is 2. The van der Waals surface area contributed by atoms with Gasteiger partial charge in [0.1, 0.15) is 0 Å². The molecule has 17 heavy (non-hydrogen) atoms. The maximum Gasteiger partial charge on any atom is 0.335 e. The van der Waals surface area contributed by atoms with E-state index in [0.29, 0.717) is 0 Å². The molecule has 0 saturated carbocycles. The average Bonchev–Trinajstić information content (AvgIpc) is 2.27. The van der Waals surface area contributed by atoms with Crippen LogP contribution in [0.5, 0.6) is 0 Å². The summed E-state index contributed by atoms with van der Waals surface area (Å²) in [5.74, 6) is -2.33. The highest BCUT2D eigenvalue weighted by Gasteiger charge is 2.18. The van der Waals surface area contributed by atoms with Crippen molar-refractivity contribution in [1.82, 2.24) is 5.06 Å². The van der Waals surface area contributed by atoms with Crippen molar-refractivity contribution < 1.29 is 24.8 Å². The minimum absolute atomic E-state index is 0.213. The maximum atomic E-state index is 11.4. The van der Waals surface area contributed by atoms with Gasteiger partial charge in [-0.2, -0.15) is 0 Å². The largest absolute Gasteiger partial charge is 0.478 e. The number of nitrogens with zero attached hydrogens (tertiary/aromatic N) is 2. The molecule has 0 spiro atoms. The van der Waals surface area contributed by atoms with Gasteiger partial charge in [-0.05, 0) is 6.07 Å². The Morgan fingerprint density at radius 1 is 1.29 bits per heavy atom. The quantitative estimate of drug-likeness (QED) is 0.457. The van der Waals surface area contributed by atoms with Crippen molar-refractivity contribution in [3.05, 3.63) is 39.4 Å². The Hall–Kier alpha value is -2.48. The third kappa shape index (κ3) is 2.75. The summed E-state index contributed by atoms with van der Waals surface area (Å²) in [5.41, 5.74) is -1.21. The lowest BCUT2D eigenvalue weighted by Crippen LogP contribution is -2.22. The number of amides is 1. The molecule has 0 heterocycles. The molecule has 0 aliphatic heterocycles. The van der Waals surface area contributed by atoms with Crippen molar-refractivity contribution in [2.45, 2.75) is 0 Å². The molecule has 0 radical (unpaired) electrons. The van der Waals surface area contributed by atoms with Crippen LogP contribution in [0.15, 0.2) is 18.2 Å². The zero-order valence-corrected chi connectivity index (χ0v) is 8.65. The predicted molar refractivity (Wildman–Crippen MR) is 53.9 cm³/mol. The average molecular weight is 240 g/mol. The monoisotopic (exact) mass is 240 g/mol. The molecule has 90 valence electrons. The maximum absolute atomic E-state index is 11.4. The fourth-order valence-corrected chi connectivity index (χ4v) is 1.15. The van der Waals surface area contributed by atoms with Crippen molar-refractivity contribution >= 4 is 17.6 Å². The SMILES string of the molecule is CN(O)C(=O)c1cc(C(=O)O)cc([N+](=O)[O-])c1. The molecule has 0 saturated heterocycles. The molecular formula is C9H8N2O6. The molecule has 0 fully saturated rings. The number of rotatable bonds is 3. The summed E-state index contributed by atoms with van der Waals surface area (Å²) in [7, 11) is 1.03. The molecule has 8 heteroatoms. The molecule has 8 nitrogen and oxygen atoms in total. The van der Waals surface area contributed by atoms with Crippen LogP contribution in [0.1, 0.15) is 20.7 Å². The molecule has 1 rings (SSSR count). The van der Waals surface area contributed by atoms with Crippen molar-refractivity contribution in [2.24, 2.45) is 0 Å². The van der Waals surface area contributed by atoms with Gasteiger partial charge in [0, 0.05) is 24.7 Å². The number of aromatic carboxylic acids is 1. The van der Waals surface area contributed by atoms with Gasteiger partial charge in [0.15, 0.2) is 0 Å². The number of hydroxylamine groups is 2. The van der Waals surface area contributed by atoms with E-state index < -0.39 is 28.1 Å². The summed E-state index contributed by atoms with van der Waals surface area (Å²) in [5, 5.41) is 28.4. The summed E-state index contributed by atoms with van der Waals surface area (Å²) in [4.78, 5) is 31.8. The number of benzene rings is 1. The van der Waals surface area contributed by atoms with Gasteiger partial charge in [-0.15, -0.1) is 0 Å². The third-order valence-corrected chi connectivity index (χ3v) is 1.92. The highest BCUT2D eigenvalue weighted by Crippen LogP contribution is 2.18. The molecule has 0 aliphatic carbocycles. The van der Waals surface area contributed by atoms with Gasteiger partial charge >= 0.3 is 5.97 Å². The van der Waals surface area contributed by atoms with E-state index in [1.165, 1.54) is 0 Å². The van der Waals surface area contributed by atoms with Crippen LogP contribution < -0.4 is 0 Å². The second kappa shape index (κ2) is 4.58. The normalized spacial score (nSPS) is 9.76. The van der Waals surface area contributed by atoms with E-state index in [2.05, 4.69) is 0 Å². The van der Waals surface area contributed by atoms with E-state index >= 15 is 0 Å². The standard InChI is InChI=1S/C9H8N2O6/c1-10(15)8(12)5-2-6(9(13)14)4-7(3-5)11(16)17/h2-4,15H,1H3,(H,13,14). The van der Waals surface area contributed by atoms with E-state index in [1.54, 1.807) is 0 Å². The van der Waals surface area contributed by atoms with Gasteiger partial charge in [-0.1, -0.05) is 0 Å². The summed E-state index contributed by atoms with van der Waals surface area (Å²) >= 11 is 0. The van der Waals surface area contributed by atoms with Crippen LogP contribution in [0, 0.1) is 10.1 Å². The van der Waals surface area contributed by atoms with Gasteiger partial charge in [0.2, 0.25) is 0 Å². The summed E-state index contributed by atoms with van der Waals surface area (Å²) in [6.45, 7) is 0. The first-order chi connectivity index (χ1) is 7.82. The second-order valence-electron chi connectivity index (χ2n) is 3.16. The van der Waals surface area contributed by atoms with Crippen molar-refractivity contribution in [3.8, 4) is 0 Å². The molecule has 1 aromatic rings. The topological polar surface area (TPSA) is 121 Å². The van der Waals surface area contributed by atoms with Crippen LogP contribution in [-0.2, 0) is 0 Å². The molecule has 1 aromatic carbocycles. The number of hydrogen-bond donors (Lipinski definition) is 2. The predicted octanol–water partition coefficient (Wildman–Crippen LogP) is 0.754. The van der Waals surface area contributed by atoms with E-state index in [0.717, 1.165) is 25.2 Å². The molecular weight excluding hydrogens is 232 g/mol. The van der Waals surface area contributed by atoms with E-state index in [4.69, 9.17) is 10.3 Å². The molecule has 1 amide bonds. The second-order valence-corrected chi connectivity index (χ2v) is 3.16. The highest BCUT2D eigenvalue weighted by atomic mass is 16.6. The minimum Gasteiger partial charge on any atom is -0.478 e. The van der Waals surface area contributed by atoms with Crippen molar-refractivity contribution in [1.29, 1.82) is 0 Å². The van der Waals surface area contributed by atoms with Gasteiger partial charge in [0.05, 0.1) is 10.5 Å². The van der Waals surface area contributed by atoms with Crippen LogP contribution in [0.3, 0.4) is 0 Å². The molecule has 0 aromatic heterocycles. The van der Waals surface area contributed by atoms with Crippen LogP contribution in [0.4, 0.5) is 5.69 Å². The Labute approximate surface area is 94.8 Å². The van der Waals surface area contributed by atoms with Crippen molar-refractivity contribution in [2.75, 3.05) is 7.05 Å². The third-order valence-electron chi connectivity index (χ3n) is 1.92. The summed E-state index contributed by atoms with van der Waals surface area (Å²) in [6, 6.07) is 2.67. The number of hydrogen-bond acceptors (Lipinski definition) is 5. The number of carboxylic acid groups (broad SMARTS) is 1. The van der Waals surface area contributed by atoms with Crippen LogP contribution >= 0.6 is 0 Å². The van der Waals surface area contributed by atoms with Crippen LogP contribution in [0.25, 0.3) is 0 Å². The van der Waals surface area contributed by atoms with E-state index in [9.17, 15) is 19.7 Å². The van der Waals surface area contributed by atoms with Gasteiger partial charge in [0.25, 0.3) is 11.6 Å². The Bertz CT molecular complexity index is 464. The smallest absolute Gasteiger partial charge is 0.335 e. The van der Waals surface area contributed by atoms with Gasteiger partial charge in [-0.25, -0.2) is 9.86 Å². The molecule has 0 unspecified atom stereocenters. The lowest BCUT2D eigenvalue weighted by Gasteiger charge is -2.08. The fourth-order valence-electron chi connectivity index (χ4n) is 1.15. The molecule has 0 atom stereocenters. The van der Waals surface area contributed by atoms with Crippen LogP contribution in [-0.4, -0.2) is 39.2 Å². The fraction of sp³-hybridized carbons (Fsp3) is 0.111. The lowest BCUT2D eigenvalue weighted by molar-refractivity contribution is -0.384. The Kier molecular flexibility index (Phi) is 3.39. The zero-order chi connectivity index (χ0) is 13.2. The van der Waals surface area contributed by atoms with Crippen molar-refractivity contribution in [3.63, 3.8) is 0 Å². The first-order valence-corrected chi connectivity index (χ1v) is 4.32. The molecule has 0 aliphatic rings. The Balaban J connectivity index is 3.36. The Morgan fingerprint density at radius 3 is 2.24 bits per heavy atom. The number of carboxylic acids is 1. The van der Waals surface area contributed by atoms with Crippen LogP contribution in [0.2, 0.25) is 0 Å². The molecule has 2 N–H and O–H groups in total. The number of nitro groups is 1. The van der Waals surface area contributed by atoms with E-state index in [-0.39, 0.29) is 10.6 Å². The lowest BCUT2D eigenvalue weighted by atomic mass is 10.1. The summed E-state index contributed by atoms with van der Waals surface area (Å²) in [6.07, 6.45) is 0. The number of nitro benzene ring substituents is 1. The number of carbonyl (C=O) groups excluding carboxylic acids is 1. The first kappa shape index (κ1) is 12.6. The zero-order valence-electron chi connectivity index (χ0n) is 8.65. The summed E-state index contributed by atoms with van der Waals surface area (Å²) < 4.78 is 0. The first-order valence-electron chi connectivity index (χ1n) is 4.32.